The predicted molar refractivity (Wildman–Crippen MR) is 122 cm³/mol. The zero-order valence-electron chi connectivity index (χ0n) is 15.5. The van der Waals surface area contributed by atoms with Crippen LogP contribution in [0.4, 0.5) is 5.69 Å². The summed E-state index contributed by atoms with van der Waals surface area (Å²) >= 11 is 0. The average Bonchev–Trinajstić information content (AvgIpc) is 2.76. The fourth-order valence-corrected chi connectivity index (χ4v) is 3.94. The van der Waals surface area contributed by atoms with Crippen molar-refractivity contribution in [2.45, 2.75) is 0 Å². The first-order valence-electron chi connectivity index (χ1n) is 9.49. The lowest BCUT2D eigenvalue weighted by Crippen LogP contribution is -2.16. The van der Waals surface area contributed by atoms with Crippen LogP contribution in [0.1, 0.15) is 5.56 Å². The molecule has 5 aromatic carbocycles. The van der Waals surface area contributed by atoms with Crippen molar-refractivity contribution in [1.29, 1.82) is 0 Å². The molecule has 0 saturated heterocycles. The van der Waals surface area contributed by atoms with Gasteiger partial charge in [0.15, 0.2) is 0 Å². The van der Waals surface area contributed by atoms with E-state index in [1.165, 1.54) is 32.3 Å². The summed E-state index contributed by atoms with van der Waals surface area (Å²) in [5, 5.41) is 14.4. The van der Waals surface area contributed by atoms with E-state index in [4.69, 9.17) is 5.10 Å². The normalized spacial score (nSPS) is 11.7. The van der Waals surface area contributed by atoms with Crippen molar-refractivity contribution in [3.63, 3.8) is 0 Å². The van der Waals surface area contributed by atoms with Gasteiger partial charge in [-0.05, 0) is 44.5 Å². The molecule has 0 fully saturated rings. The molecule has 0 radical (unpaired) electrons. The maximum absolute atomic E-state index is 4.77. The topological polar surface area (TPSA) is 15.6 Å². The van der Waals surface area contributed by atoms with Crippen LogP contribution < -0.4 is 5.01 Å². The number of hydrogen-bond acceptors (Lipinski definition) is 2. The van der Waals surface area contributed by atoms with E-state index in [0.717, 1.165) is 11.3 Å². The fourth-order valence-electron chi connectivity index (χ4n) is 3.94. The summed E-state index contributed by atoms with van der Waals surface area (Å²) in [7, 11) is 0. The molecular formula is C26H20N2. The molecule has 0 aliphatic rings. The number of anilines is 1. The molecule has 28 heavy (non-hydrogen) atoms. The van der Waals surface area contributed by atoms with Gasteiger partial charge in [-0.1, -0.05) is 78.9 Å². The summed E-state index contributed by atoms with van der Waals surface area (Å²) in [6.07, 6.45) is 3.83. The summed E-state index contributed by atoms with van der Waals surface area (Å²) < 4.78 is 0. The third kappa shape index (κ3) is 2.71. The highest BCUT2D eigenvalue weighted by Gasteiger charge is 2.10. The summed E-state index contributed by atoms with van der Waals surface area (Å²) in [6.45, 7) is 4.53. The molecule has 5 aromatic rings. The number of hydrazone groups is 1. The Morgan fingerprint density at radius 2 is 1.39 bits per heavy atom. The van der Waals surface area contributed by atoms with Gasteiger partial charge in [0.1, 0.15) is 0 Å². The van der Waals surface area contributed by atoms with Gasteiger partial charge in [0.25, 0.3) is 0 Å². The standard InChI is InChI=1S/C26H20N2/c1-2-17-28(23-9-4-3-5-10-23)27-18-22-14-13-21-12-11-19-7-6-8-20-15-16-24(22)26(21)25(19)20/h2-16,18H,1,17H2. The molecule has 5 rings (SSSR count). The summed E-state index contributed by atoms with van der Waals surface area (Å²) in [6, 6.07) is 29.9. The molecule has 2 nitrogen and oxygen atoms in total. The van der Waals surface area contributed by atoms with Gasteiger partial charge >= 0.3 is 0 Å². The molecule has 134 valence electrons. The van der Waals surface area contributed by atoms with Crippen molar-refractivity contribution in [1.82, 2.24) is 0 Å². The Bertz CT molecular complexity index is 1290. The summed E-state index contributed by atoms with van der Waals surface area (Å²) in [5.41, 5.74) is 2.17. The second-order valence-electron chi connectivity index (χ2n) is 6.96. The van der Waals surface area contributed by atoms with Gasteiger partial charge in [0.2, 0.25) is 0 Å². The second-order valence-corrected chi connectivity index (χ2v) is 6.96. The Morgan fingerprint density at radius 1 is 0.714 bits per heavy atom. The van der Waals surface area contributed by atoms with Crippen molar-refractivity contribution >= 4 is 44.2 Å². The zero-order valence-corrected chi connectivity index (χ0v) is 15.5. The van der Waals surface area contributed by atoms with Crippen LogP contribution >= 0.6 is 0 Å². The summed E-state index contributed by atoms with van der Waals surface area (Å²) in [5.74, 6) is 0. The van der Waals surface area contributed by atoms with Crippen LogP contribution in [0, 0.1) is 0 Å². The first-order chi connectivity index (χ1) is 13.8. The van der Waals surface area contributed by atoms with Crippen LogP contribution in [0.2, 0.25) is 0 Å². The molecule has 0 saturated carbocycles. The van der Waals surface area contributed by atoms with Gasteiger partial charge in [-0.3, -0.25) is 5.01 Å². The maximum Gasteiger partial charge on any atom is 0.0597 e. The minimum Gasteiger partial charge on any atom is -0.262 e. The van der Waals surface area contributed by atoms with E-state index in [-0.39, 0.29) is 0 Å². The summed E-state index contributed by atoms with van der Waals surface area (Å²) in [4.78, 5) is 0. The minimum atomic E-state index is 0.659. The SMILES string of the molecule is C=CCN(N=Cc1ccc2ccc3cccc4ccc1c2c34)c1ccccc1. The highest BCUT2D eigenvalue weighted by molar-refractivity contribution is 6.25. The number of benzene rings is 5. The Morgan fingerprint density at radius 3 is 2.14 bits per heavy atom. The molecule has 0 N–H and O–H groups in total. The lowest BCUT2D eigenvalue weighted by molar-refractivity contribution is 0.947. The Kier molecular flexibility index (Phi) is 4.02. The first-order valence-corrected chi connectivity index (χ1v) is 9.49. The van der Waals surface area contributed by atoms with Crippen LogP contribution in [-0.4, -0.2) is 12.8 Å². The molecule has 0 heterocycles. The van der Waals surface area contributed by atoms with Gasteiger partial charge < -0.3 is 0 Å². The van der Waals surface area contributed by atoms with Crippen molar-refractivity contribution in [3.05, 3.63) is 103 Å². The average molecular weight is 360 g/mol. The molecule has 0 aliphatic carbocycles. The highest BCUT2D eigenvalue weighted by Crippen LogP contribution is 2.35. The Balaban J connectivity index is 1.66. The molecule has 0 unspecified atom stereocenters. The van der Waals surface area contributed by atoms with Crippen LogP contribution in [-0.2, 0) is 0 Å². The highest BCUT2D eigenvalue weighted by atomic mass is 15.4. The smallest absolute Gasteiger partial charge is 0.0597 e. The van der Waals surface area contributed by atoms with Crippen LogP contribution in [0.3, 0.4) is 0 Å². The lowest BCUT2D eigenvalue weighted by Gasteiger charge is -2.17. The molecular weight excluding hydrogens is 340 g/mol. The van der Waals surface area contributed by atoms with Crippen molar-refractivity contribution < 1.29 is 0 Å². The van der Waals surface area contributed by atoms with Crippen LogP contribution in [0.25, 0.3) is 32.3 Å². The zero-order chi connectivity index (χ0) is 18.9. The predicted octanol–water partition coefficient (Wildman–Crippen LogP) is 6.61. The van der Waals surface area contributed by atoms with E-state index in [1.54, 1.807) is 0 Å². The Hall–Kier alpha value is -3.65. The number of rotatable bonds is 5. The van der Waals surface area contributed by atoms with E-state index < -0.39 is 0 Å². The minimum absolute atomic E-state index is 0.659. The second kappa shape index (κ2) is 6.82. The molecule has 0 spiro atoms. The molecule has 0 aliphatic heterocycles. The molecule has 0 atom stereocenters. The van der Waals surface area contributed by atoms with Gasteiger partial charge in [0, 0.05) is 5.56 Å². The van der Waals surface area contributed by atoms with E-state index in [2.05, 4.69) is 73.3 Å². The number of hydrogen-bond donors (Lipinski definition) is 0. The largest absolute Gasteiger partial charge is 0.262 e. The third-order valence-electron chi connectivity index (χ3n) is 5.25. The number of nitrogens with zero attached hydrogens (tertiary/aromatic N) is 2. The number of para-hydroxylation sites is 1. The quantitative estimate of drug-likeness (QED) is 0.149. The lowest BCUT2D eigenvalue weighted by atomic mass is 9.92. The molecule has 2 heteroatoms. The van der Waals surface area contributed by atoms with E-state index in [9.17, 15) is 0 Å². The molecule has 0 bridgehead atoms. The third-order valence-corrected chi connectivity index (χ3v) is 5.25. The van der Waals surface area contributed by atoms with Crippen LogP contribution in [0.15, 0.2) is 103 Å². The van der Waals surface area contributed by atoms with E-state index >= 15 is 0 Å². The van der Waals surface area contributed by atoms with Crippen molar-refractivity contribution in [2.24, 2.45) is 5.10 Å². The van der Waals surface area contributed by atoms with E-state index in [0.29, 0.717) is 6.54 Å². The maximum atomic E-state index is 4.77. The van der Waals surface area contributed by atoms with Crippen LogP contribution in [0.5, 0.6) is 0 Å². The van der Waals surface area contributed by atoms with Gasteiger partial charge in [-0.15, -0.1) is 6.58 Å². The van der Waals surface area contributed by atoms with Crippen molar-refractivity contribution in [3.8, 4) is 0 Å². The van der Waals surface area contributed by atoms with Gasteiger partial charge in [-0.2, -0.15) is 5.10 Å². The van der Waals surface area contributed by atoms with E-state index in [1.807, 2.05) is 35.5 Å². The first kappa shape index (κ1) is 16.5. The Labute approximate surface area is 164 Å². The van der Waals surface area contributed by atoms with Gasteiger partial charge in [-0.25, -0.2) is 0 Å². The van der Waals surface area contributed by atoms with Gasteiger partial charge in [0.05, 0.1) is 18.4 Å². The van der Waals surface area contributed by atoms with Crippen molar-refractivity contribution in [2.75, 3.05) is 11.6 Å². The monoisotopic (exact) mass is 360 g/mol. The molecule has 0 amide bonds. The fraction of sp³-hybridized carbons (Fsp3) is 0.0385. The molecule has 0 aromatic heterocycles.